The largest absolute Gasteiger partial charge is 0.373 e. The zero-order valence-corrected chi connectivity index (χ0v) is 11.6. The van der Waals surface area contributed by atoms with Crippen molar-refractivity contribution in [1.82, 2.24) is 9.29 Å². The van der Waals surface area contributed by atoms with Gasteiger partial charge >= 0.3 is 0 Å². The molecule has 100 valence electrons. The van der Waals surface area contributed by atoms with Gasteiger partial charge in [-0.05, 0) is 30.9 Å². The lowest BCUT2D eigenvalue weighted by Gasteiger charge is -2.29. The number of nitrogens with zero attached hydrogens (tertiary/aromatic N) is 2. The molecule has 0 unspecified atom stereocenters. The van der Waals surface area contributed by atoms with E-state index >= 15 is 0 Å². The fourth-order valence-corrected chi connectivity index (χ4v) is 3.47. The molecule has 2 rings (SSSR count). The van der Waals surface area contributed by atoms with E-state index in [-0.39, 0.29) is 4.90 Å². The highest BCUT2D eigenvalue weighted by atomic mass is 32.2. The van der Waals surface area contributed by atoms with Crippen molar-refractivity contribution in [3.05, 3.63) is 18.3 Å². The van der Waals surface area contributed by atoms with Gasteiger partial charge in [0.2, 0.25) is 10.0 Å². The number of piperidine rings is 1. The fourth-order valence-electron chi connectivity index (χ4n) is 2.06. The number of aromatic nitrogens is 1. The highest BCUT2D eigenvalue weighted by molar-refractivity contribution is 7.89. The first-order valence-corrected chi connectivity index (χ1v) is 7.62. The highest BCUT2D eigenvalue weighted by Gasteiger charge is 2.28. The maximum atomic E-state index is 12.4. The van der Waals surface area contributed by atoms with Gasteiger partial charge in [0.15, 0.2) is 0 Å². The SMILES string of the molecule is CNc1ccc(S(=O)(=O)N2CCC(C)CC2)cn1. The van der Waals surface area contributed by atoms with Crippen LogP contribution >= 0.6 is 0 Å². The highest BCUT2D eigenvalue weighted by Crippen LogP contribution is 2.23. The zero-order valence-electron chi connectivity index (χ0n) is 10.8. The van der Waals surface area contributed by atoms with Gasteiger partial charge in [0, 0.05) is 26.3 Å². The van der Waals surface area contributed by atoms with Gasteiger partial charge in [0.1, 0.15) is 10.7 Å². The number of hydrogen-bond donors (Lipinski definition) is 1. The summed E-state index contributed by atoms with van der Waals surface area (Å²) in [6.07, 6.45) is 3.28. The van der Waals surface area contributed by atoms with Gasteiger partial charge < -0.3 is 5.32 Å². The molecular formula is C12H19N3O2S. The van der Waals surface area contributed by atoms with Gasteiger partial charge in [0.25, 0.3) is 0 Å². The first kappa shape index (κ1) is 13.3. The maximum Gasteiger partial charge on any atom is 0.244 e. The van der Waals surface area contributed by atoms with E-state index in [2.05, 4.69) is 17.2 Å². The Labute approximate surface area is 108 Å². The van der Waals surface area contributed by atoms with Crippen LogP contribution < -0.4 is 5.32 Å². The van der Waals surface area contributed by atoms with Crippen LogP contribution in [0.2, 0.25) is 0 Å². The Bertz CT molecular complexity index is 491. The van der Waals surface area contributed by atoms with E-state index in [4.69, 9.17) is 0 Å². The standard InChI is InChI=1S/C12H19N3O2S/c1-10-5-7-15(8-6-10)18(16,17)11-3-4-12(13-2)14-9-11/h3-4,9-10H,5-8H2,1-2H3,(H,13,14). The van der Waals surface area contributed by atoms with E-state index in [0.29, 0.717) is 24.8 Å². The van der Waals surface area contributed by atoms with Crippen molar-refractivity contribution in [2.75, 3.05) is 25.5 Å². The van der Waals surface area contributed by atoms with Crippen molar-refractivity contribution < 1.29 is 8.42 Å². The van der Waals surface area contributed by atoms with E-state index in [0.717, 1.165) is 12.8 Å². The minimum atomic E-state index is -3.37. The van der Waals surface area contributed by atoms with Crippen molar-refractivity contribution in [2.45, 2.75) is 24.7 Å². The summed E-state index contributed by atoms with van der Waals surface area (Å²) >= 11 is 0. The summed E-state index contributed by atoms with van der Waals surface area (Å²) in [6.45, 7) is 3.38. The predicted octanol–water partition coefficient (Wildman–Crippen LogP) is 1.54. The lowest BCUT2D eigenvalue weighted by molar-refractivity contribution is 0.288. The first-order chi connectivity index (χ1) is 8.54. The second-order valence-corrected chi connectivity index (χ2v) is 6.65. The molecule has 0 atom stereocenters. The zero-order chi connectivity index (χ0) is 13.2. The summed E-state index contributed by atoms with van der Waals surface area (Å²) in [7, 11) is -1.61. The molecule has 0 spiro atoms. The Balaban J connectivity index is 2.19. The van der Waals surface area contributed by atoms with Crippen molar-refractivity contribution in [2.24, 2.45) is 5.92 Å². The smallest absolute Gasteiger partial charge is 0.244 e. The third kappa shape index (κ3) is 2.64. The number of rotatable bonds is 3. The van der Waals surface area contributed by atoms with Crippen molar-refractivity contribution >= 4 is 15.8 Å². The van der Waals surface area contributed by atoms with Crippen LogP contribution in [0, 0.1) is 5.92 Å². The van der Waals surface area contributed by atoms with Crippen LogP contribution in [-0.4, -0.2) is 37.8 Å². The monoisotopic (exact) mass is 269 g/mol. The van der Waals surface area contributed by atoms with E-state index < -0.39 is 10.0 Å². The number of anilines is 1. The molecular weight excluding hydrogens is 250 g/mol. The Morgan fingerprint density at radius 3 is 2.50 bits per heavy atom. The van der Waals surface area contributed by atoms with Crippen LogP contribution in [0.3, 0.4) is 0 Å². The normalized spacial score (nSPS) is 18.8. The van der Waals surface area contributed by atoms with E-state index in [1.165, 1.54) is 6.20 Å². The maximum absolute atomic E-state index is 12.4. The van der Waals surface area contributed by atoms with E-state index in [1.807, 2.05) is 0 Å². The summed E-state index contributed by atoms with van der Waals surface area (Å²) in [5, 5.41) is 2.87. The predicted molar refractivity (Wildman–Crippen MR) is 70.9 cm³/mol. The molecule has 0 bridgehead atoms. The van der Waals surface area contributed by atoms with Gasteiger partial charge in [-0.1, -0.05) is 6.92 Å². The second-order valence-electron chi connectivity index (χ2n) is 4.72. The van der Waals surface area contributed by atoms with E-state index in [9.17, 15) is 8.42 Å². The molecule has 0 aromatic carbocycles. The topological polar surface area (TPSA) is 62.3 Å². The molecule has 1 aliphatic rings. The van der Waals surface area contributed by atoms with Crippen LogP contribution in [0.4, 0.5) is 5.82 Å². The molecule has 5 nitrogen and oxygen atoms in total. The van der Waals surface area contributed by atoms with Gasteiger partial charge in [0.05, 0.1) is 0 Å². The summed E-state index contributed by atoms with van der Waals surface area (Å²) in [6, 6.07) is 3.28. The Kier molecular flexibility index (Phi) is 3.87. The van der Waals surface area contributed by atoms with Gasteiger partial charge in [-0.2, -0.15) is 4.31 Å². The molecule has 1 saturated heterocycles. The van der Waals surface area contributed by atoms with Crippen LogP contribution in [0.25, 0.3) is 0 Å². The number of sulfonamides is 1. The third-order valence-corrected chi connectivity index (χ3v) is 5.26. The molecule has 0 radical (unpaired) electrons. The summed E-state index contributed by atoms with van der Waals surface area (Å²) in [5.74, 6) is 1.28. The molecule has 0 saturated carbocycles. The minimum absolute atomic E-state index is 0.274. The second kappa shape index (κ2) is 5.24. The van der Waals surface area contributed by atoms with Crippen LogP contribution in [0.15, 0.2) is 23.2 Å². The quantitative estimate of drug-likeness (QED) is 0.904. The molecule has 1 aromatic heterocycles. The Hall–Kier alpha value is -1.14. The molecule has 1 N–H and O–H groups in total. The molecule has 18 heavy (non-hydrogen) atoms. The van der Waals surface area contributed by atoms with Crippen LogP contribution in [0.1, 0.15) is 19.8 Å². The van der Waals surface area contributed by atoms with Crippen LogP contribution in [0.5, 0.6) is 0 Å². The summed E-state index contributed by atoms with van der Waals surface area (Å²) < 4.78 is 26.3. The lowest BCUT2D eigenvalue weighted by atomic mass is 10.0. The van der Waals surface area contributed by atoms with Crippen molar-refractivity contribution in [1.29, 1.82) is 0 Å². The molecule has 0 aliphatic carbocycles. The van der Waals surface area contributed by atoms with Gasteiger partial charge in [-0.3, -0.25) is 0 Å². The van der Waals surface area contributed by atoms with E-state index in [1.54, 1.807) is 23.5 Å². The number of nitrogens with one attached hydrogen (secondary N) is 1. The average Bonchev–Trinajstić information content (AvgIpc) is 2.39. The van der Waals surface area contributed by atoms with Gasteiger partial charge in [-0.15, -0.1) is 0 Å². The minimum Gasteiger partial charge on any atom is -0.373 e. The number of pyridine rings is 1. The molecule has 2 heterocycles. The van der Waals surface area contributed by atoms with Crippen molar-refractivity contribution in [3.63, 3.8) is 0 Å². The fraction of sp³-hybridized carbons (Fsp3) is 0.583. The average molecular weight is 269 g/mol. The first-order valence-electron chi connectivity index (χ1n) is 6.18. The molecule has 1 fully saturated rings. The molecule has 0 amide bonds. The Morgan fingerprint density at radius 2 is 2.00 bits per heavy atom. The van der Waals surface area contributed by atoms with Crippen molar-refractivity contribution in [3.8, 4) is 0 Å². The van der Waals surface area contributed by atoms with Crippen LogP contribution in [-0.2, 0) is 10.0 Å². The number of hydrogen-bond acceptors (Lipinski definition) is 4. The molecule has 1 aromatic rings. The lowest BCUT2D eigenvalue weighted by Crippen LogP contribution is -2.37. The third-order valence-electron chi connectivity index (χ3n) is 3.37. The summed E-state index contributed by atoms with van der Waals surface area (Å²) in [4.78, 5) is 4.33. The molecule has 6 heteroatoms. The Morgan fingerprint density at radius 1 is 1.33 bits per heavy atom. The van der Waals surface area contributed by atoms with Gasteiger partial charge in [-0.25, -0.2) is 13.4 Å². The molecule has 1 aliphatic heterocycles. The summed E-state index contributed by atoms with van der Waals surface area (Å²) in [5.41, 5.74) is 0.